The van der Waals surface area contributed by atoms with Crippen LogP contribution in [0.2, 0.25) is 5.02 Å². The minimum Gasteiger partial charge on any atom is -0.384 e. The van der Waals surface area contributed by atoms with Crippen molar-refractivity contribution in [3.8, 4) is 0 Å². The molecule has 1 heterocycles. The average molecular weight is 238 g/mol. The summed E-state index contributed by atoms with van der Waals surface area (Å²) in [5, 5.41) is 4.34. The van der Waals surface area contributed by atoms with Crippen LogP contribution in [0, 0.1) is 11.8 Å². The van der Waals surface area contributed by atoms with Crippen LogP contribution in [-0.4, -0.2) is 6.54 Å². The van der Waals surface area contributed by atoms with Crippen molar-refractivity contribution in [1.29, 1.82) is 0 Å². The predicted molar refractivity (Wildman–Crippen MR) is 71.3 cm³/mol. The van der Waals surface area contributed by atoms with Crippen LogP contribution in [-0.2, 0) is 0 Å². The minimum atomic E-state index is 0.624. The van der Waals surface area contributed by atoms with Crippen LogP contribution in [0.5, 0.6) is 0 Å². The molecule has 1 N–H and O–H groups in total. The fourth-order valence-corrected chi connectivity index (χ4v) is 3.11. The molecule has 0 fully saturated rings. The van der Waals surface area contributed by atoms with E-state index in [0.717, 1.165) is 23.4 Å². The van der Waals surface area contributed by atoms with E-state index < -0.39 is 0 Å². The number of nitrogens with one attached hydrogen (secondary N) is 1. The number of halogens is 1. The highest BCUT2D eigenvalue weighted by Gasteiger charge is 2.30. The quantitative estimate of drug-likeness (QED) is 0.815. The molecule has 2 rings (SSSR count). The molecule has 1 aromatic carbocycles. The number of fused-ring (bicyclic) bond motifs is 1. The van der Waals surface area contributed by atoms with Gasteiger partial charge in [-0.1, -0.05) is 38.8 Å². The molecule has 2 heteroatoms. The Morgan fingerprint density at radius 3 is 2.81 bits per heavy atom. The summed E-state index contributed by atoms with van der Waals surface area (Å²) in [7, 11) is 0. The van der Waals surface area contributed by atoms with Gasteiger partial charge in [-0.05, 0) is 35.6 Å². The fourth-order valence-electron chi connectivity index (χ4n) is 2.93. The van der Waals surface area contributed by atoms with E-state index in [1.54, 1.807) is 0 Å². The van der Waals surface area contributed by atoms with Crippen molar-refractivity contribution in [1.82, 2.24) is 0 Å². The van der Waals surface area contributed by atoms with Crippen LogP contribution < -0.4 is 5.32 Å². The van der Waals surface area contributed by atoms with Crippen LogP contribution in [0.3, 0.4) is 0 Å². The summed E-state index contributed by atoms with van der Waals surface area (Å²) in [4.78, 5) is 0. The van der Waals surface area contributed by atoms with Crippen molar-refractivity contribution in [3.05, 3.63) is 28.8 Å². The topological polar surface area (TPSA) is 12.0 Å². The summed E-state index contributed by atoms with van der Waals surface area (Å²) >= 11 is 6.09. The maximum atomic E-state index is 6.09. The second-order valence-corrected chi connectivity index (χ2v) is 5.47. The normalized spacial score (nSPS) is 20.7. The number of anilines is 1. The molecule has 0 aliphatic carbocycles. The minimum absolute atomic E-state index is 0.624. The van der Waals surface area contributed by atoms with Gasteiger partial charge in [0.25, 0.3) is 0 Å². The summed E-state index contributed by atoms with van der Waals surface area (Å²) in [5.41, 5.74) is 2.68. The van der Waals surface area contributed by atoms with Crippen LogP contribution >= 0.6 is 11.6 Å². The zero-order valence-electron chi connectivity index (χ0n) is 10.3. The van der Waals surface area contributed by atoms with Crippen LogP contribution in [0.4, 0.5) is 5.69 Å². The Balaban J connectivity index is 2.31. The second-order valence-electron chi connectivity index (χ2n) is 5.04. The molecule has 1 aromatic rings. The molecule has 0 bridgehead atoms. The number of rotatable bonds is 3. The van der Waals surface area contributed by atoms with Crippen molar-refractivity contribution in [2.24, 2.45) is 11.8 Å². The fraction of sp³-hybridized carbons (Fsp3) is 0.571. The van der Waals surface area contributed by atoms with Gasteiger partial charge in [0.05, 0.1) is 0 Å². The first-order valence-corrected chi connectivity index (χ1v) is 6.54. The standard InChI is InChI=1S/C14H20ClN/c1-4-11(9(2)3)13-8-16-14-6-5-10(15)7-12(13)14/h5-7,9,11,13,16H,4,8H2,1-3H3. The summed E-state index contributed by atoms with van der Waals surface area (Å²) in [6, 6.07) is 6.20. The Morgan fingerprint density at radius 2 is 2.19 bits per heavy atom. The summed E-state index contributed by atoms with van der Waals surface area (Å²) in [5.74, 6) is 2.09. The molecular weight excluding hydrogens is 218 g/mol. The summed E-state index contributed by atoms with van der Waals surface area (Å²) < 4.78 is 0. The van der Waals surface area contributed by atoms with E-state index in [1.807, 2.05) is 6.07 Å². The van der Waals surface area contributed by atoms with E-state index in [-0.39, 0.29) is 0 Å². The molecule has 88 valence electrons. The highest BCUT2D eigenvalue weighted by atomic mass is 35.5. The SMILES string of the molecule is CCC(C(C)C)C1CNc2ccc(Cl)cc21. The smallest absolute Gasteiger partial charge is 0.0410 e. The third-order valence-electron chi connectivity index (χ3n) is 3.77. The second kappa shape index (κ2) is 4.67. The van der Waals surface area contributed by atoms with Gasteiger partial charge in [0.15, 0.2) is 0 Å². The van der Waals surface area contributed by atoms with Gasteiger partial charge in [0.2, 0.25) is 0 Å². The molecule has 1 nitrogen and oxygen atoms in total. The van der Waals surface area contributed by atoms with Gasteiger partial charge >= 0.3 is 0 Å². The predicted octanol–water partition coefficient (Wildman–Crippen LogP) is 4.53. The van der Waals surface area contributed by atoms with Crippen LogP contribution in [0.25, 0.3) is 0 Å². The van der Waals surface area contributed by atoms with E-state index in [1.165, 1.54) is 17.7 Å². The Bertz CT molecular complexity index is 373. The van der Waals surface area contributed by atoms with Crippen molar-refractivity contribution in [3.63, 3.8) is 0 Å². The van der Waals surface area contributed by atoms with Crippen molar-refractivity contribution < 1.29 is 0 Å². The maximum absolute atomic E-state index is 6.09. The molecular formula is C14H20ClN. The van der Waals surface area contributed by atoms with Crippen LogP contribution in [0.15, 0.2) is 18.2 Å². The zero-order valence-corrected chi connectivity index (χ0v) is 11.0. The Kier molecular flexibility index (Phi) is 3.44. The number of hydrogen-bond acceptors (Lipinski definition) is 1. The first kappa shape index (κ1) is 11.8. The number of hydrogen-bond donors (Lipinski definition) is 1. The van der Waals surface area contributed by atoms with Gasteiger partial charge in [-0.15, -0.1) is 0 Å². The molecule has 1 aliphatic rings. The molecule has 0 spiro atoms. The van der Waals surface area contributed by atoms with Gasteiger partial charge in [0.1, 0.15) is 0 Å². The first-order chi connectivity index (χ1) is 7.63. The van der Waals surface area contributed by atoms with E-state index in [0.29, 0.717) is 5.92 Å². The van der Waals surface area contributed by atoms with E-state index in [9.17, 15) is 0 Å². The Labute approximate surface area is 103 Å². The molecule has 16 heavy (non-hydrogen) atoms. The van der Waals surface area contributed by atoms with Gasteiger partial charge in [-0.25, -0.2) is 0 Å². The molecule has 0 aromatic heterocycles. The van der Waals surface area contributed by atoms with Gasteiger partial charge in [-0.3, -0.25) is 0 Å². The maximum Gasteiger partial charge on any atom is 0.0410 e. The molecule has 2 unspecified atom stereocenters. The van der Waals surface area contributed by atoms with Gasteiger partial charge in [-0.2, -0.15) is 0 Å². The molecule has 0 saturated carbocycles. The lowest BCUT2D eigenvalue weighted by molar-refractivity contribution is 0.321. The molecule has 2 atom stereocenters. The van der Waals surface area contributed by atoms with E-state index in [4.69, 9.17) is 11.6 Å². The molecule has 1 aliphatic heterocycles. The monoisotopic (exact) mass is 237 g/mol. The van der Waals surface area contributed by atoms with E-state index >= 15 is 0 Å². The van der Waals surface area contributed by atoms with Crippen molar-refractivity contribution in [2.75, 3.05) is 11.9 Å². The van der Waals surface area contributed by atoms with Crippen molar-refractivity contribution >= 4 is 17.3 Å². The van der Waals surface area contributed by atoms with Crippen molar-refractivity contribution in [2.45, 2.75) is 33.1 Å². The van der Waals surface area contributed by atoms with E-state index in [2.05, 4.69) is 38.2 Å². The summed E-state index contributed by atoms with van der Waals surface area (Å²) in [6.45, 7) is 7.98. The largest absolute Gasteiger partial charge is 0.384 e. The van der Waals surface area contributed by atoms with Gasteiger partial charge in [0, 0.05) is 23.2 Å². The number of benzene rings is 1. The van der Waals surface area contributed by atoms with Gasteiger partial charge < -0.3 is 5.32 Å². The average Bonchev–Trinajstić information content (AvgIpc) is 2.62. The molecule has 0 radical (unpaired) electrons. The Hall–Kier alpha value is -0.690. The Morgan fingerprint density at radius 1 is 1.44 bits per heavy atom. The lowest BCUT2D eigenvalue weighted by Gasteiger charge is -2.26. The first-order valence-electron chi connectivity index (χ1n) is 6.16. The summed E-state index contributed by atoms with van der Waals surface area (Å²) in [6.07, 6.45) is 1.23. The lowest BCUT2D eigenvalue weighted by Crippen LogP contribution is -2.19. The molecule has 0 saturated heterocycles. The highest BCUT2D eigenvalue weighted by Crippen LogP contribution is 2.41. The lowest BCUT2D eigenvalue weighted by atomic mass is 9.79. The molecule has 0 amide bonds. The third kappa shape index (κ3) is 2.06. The van der Waals surface area contributed by atoms with Crippen LogP contribution in [0.1, 0.15) is 38.7 Å². The third-order valence-corrected chi connectivity index (χ3v) is 4.01. The highest BCUT2D eigenvalue weighted by molar-refractivity contribution is 6.30. The zero-order chi connectivity index (χ0) is 11.7.